The van der Waals surface area contributed by atoms with Gasteiger partial charge in [-0.15, -0.1) is 0 Å². The predicted molar refractivity (Wildman–Crippen MR) is 32.8 cm³/mol. The van der Waals surface area contributed by atoms with Crippen molar-refractivity contribution in [2.24, 2.45) is 5.73 Å². The van der Waals surface area contributed by atoms with Crippen LogP contribution >= 0.6 is 0 Å². The van der Waals surface area contributed by atoms with Gasteiger partial charge >= 0.3 is 0 Å². The minimum Gasteiger partial charge on any atom is -0.369 e. The Bertz CT molecular complexity index is 138. The van der Waals surface area contributed by atoms with Crippen molar-refractivity contribution in [3.8, 4) is 0 Å². The second-order valence-corrected chi connectivity index (χ2v) is 1.68. The number of nitrogens with one attached hydrogen (secondary N) is 1. The summed E-state index contributed by atoms with van der Waals surface area (Å²) in [4.78, 5) is 20.5. The number of primary amides is 1. The van der Waals surface area contributed by atoms with Gasteiger partial charge in [0.2, 0.25) is 11.8 Å². The molecule has 0 saturated carbocycles. The van der Waals surface area contributed by atoms with Gasteiger partial charge in [0.15, 0.2) is 0 Å². The summed E-state index contributed by atoms with van der Waals surface area (Å²) >= 11 is 0. The van der Waals surface area contributed by atoms with Crippen LogP contribution in [-0.2, 0) is 9.59 Å². The fourth-order valence-corrected chi connectivity index (χ4v) is 0.407. The number of carbonyl (C=O) groups is 2. The summed E-state index contributed by atoms with van der Waals surface area (Å²) < 4.78 is 11.4. The van der Waals surface area contributed by atoms with Gasteiger partial charge in [0, 0.05) is 6.54 Å². The van der Waals surface area contributed by atoms with Crippen LogP contribution in [0.25, 0.3) is 0 Å². The second kappa shape index (κ2) is 4.72. The zero-order valence-corrected chi connectivity index (χ0v) is 5.39. The van der Waals surface area contributed by atoms with E-state index in [9.17, 15) is 14.0 Å². The van der Waals surface area contributed by atoms with E-state index < -0.39 is 18.5 Å². The van der Waals surface area contributed by atoms with Crippen LogP contribution in [0.5, 0.6) is 0 Å². The quantitative estimate of drug-likeness (QED) is 0.499. The molecule has 0 aromatic carbocycles. The van der Waals surface area contributed by atoms with Crippen molar-refractivity contribution in [1.29, 1.82) is 0 Å². The van der Waals surface area contributed by atoms with Gasteiger partial charge in [0.05, 0.1) is 0 Å². The minimum atomic E-state index is -0.712. The Morgan fingerprint density at radius 2 is 2.10 bits per heavy atom. The fraction of sp³-hybridized carbons (Fsp3) is 0.600. The summed E-state index contributed by atoms with van der Waals surface area (Å²) in [6.07, 6.45) is -0.375. The third-order valence-corrected chi connectivity index (χ3v) is 0.751. The molecule has 10 heavy (non-hydrogen) atoms. The van der Waals surface area contributed by atoms with Gasteiger partial charge in [-0.2, -0.15) is 0 Å². The Labute approximate surface area is 57.6 Å². The highest BCUT2D eigenvalue weighted by atomic mass is 19.1. The highest BCUT2D eigenvalue weighted by molar-refractivity contribution is 5.95. The lowest BCUT2D eigenvalue weighted by atomic mass is 10.4. The van der Waals surface area contributed by atoms with E-state index in [1.54, 1.807) is 0 Å². The van der Waals surface area contributed by atoms with E-state index in [0.29, 0.717) is 0 Å². The monoisotopic (exact) mass is 148 g/mol. The first-order valence-electron chi connectivity index (χ1n) is 2.77. The van der Waals surface area contributed by atoms with Crippen molar-refractivity contribution in [3.05, 3.63) is 0 Å². The van der Waals surface area contributed by atoms with E-state index in [2.05, 4.69) is 11.1 Å². The molecule has 0 saturated heterocycles. The summed E-state index contributed by atoms with van der Waals surface area (Å²) in [5, 5.41) is 2.15. The van der Waals surface area contributed by atoms with Gasteiger partial charge in [-0.05, 0) is 0 Å². The normalized spacial score (nSPS) is 8.90. The van der Waals surface area contributed by atoms with Crippen molar-refractivity contribution < 1.29 is 14.0 Å². The van der Waals surface area contributed by atoms with E-state index in [0.717, 1.165) is 0 Å². The van der Waals surface area contributed by atoms with E-state index in [-0.39, 0.29) is 13.0 Å². The molecule has 0 aliphatic heterocycles. The van der Waals surface area contributed by atoms with Crippen molar-refractivity contribution in [1.82, 2.24) is 5.32 Å². The maximum absolute atomic E-state index is 11.4. The number of alkyl halides is 1. The molecule has 0 aromatic heterocycles. The molecular weight excluding hydrogens is 139 g/mol. The van der Waals surface area contributed by atoms with Crippen LogP contribution in [0.15, 0.2) is 0 Å². The minimum absolute atomic E-state index is 0.0634. The van der Waals surface area contributed by atoms with Gasteiger partial charge < -0.3 is 11.1 Å². The van der Waals surface area contributed by atoms with Crippen LogP contribution in [-0.4, -0.2) is 25.0 Å². The lowest BCUT2D eigenvalue weighted by Crippen LogP contribution is -2.29. The molecule has 0 spiro atoms. The first-order chi connectivity index (χ1) is 4.66. The van der Waals surface area contributed by atoms with Crippen LogP contribution in [0.1, 0.15) is 6.42 Å². The fourth-order valence-electron chi connectivity index (χ4n) is 0.407. The van der Waals surface area contributed by atoms with Gasteiger partial charge in [0.1, 0.15) is 13.1 Å². The van der Waals surface area contributed by atoms with E-state index in [4.69, 9.17) is 0 Å². The van der Waals surface area contributed by atoms with Crippen molar-refractivity contribution in [2.75, 3.05) is 13.2 Å². The SMILES string of the molecule is NC(=O)CC(=O)NCCF. The summed E-state index contributed by atoms with van der Waals surface area (Å²) in [5.74, 6) is -1.25. The lowest BCUT2D eigenvalue weighted by molar-refractivity contribution is -0.127. The zero-order chi connectivity index (χ0) is 7.98. The van der Waals surface area contributed by atoms with Crippen molar-refractivity contribution in [2.45, 2.75) is 6.42 Å². The molecule has 4 nitrogen and oxygen atoms in total. The maximum Gasteiger partial charge on any atom is 0.229 e. The number of carbonyl (C=O) groups excluding carboxylic acids is 2. The highest BCUT2D eigenvalue weighted by Crippen LogP contribution is 1.75. The average molecular weight is 148 g/mol. The smallest absolute Gasteiger partial charge is 0.229 e. The molecule has 0 atom stereocenters. The Morgan fingerprint density at radius 3 is 2.50 bits per heavy atom. The molecule has 0 aliphatic carbocycles. The molecule has 0 radical (unpaired) electrons. The Kier molecular flexibility index (Phi) is 4.19. The number of halogens is 1. The second-order valence-electron chi connectivity index (χ2n) is 1.68. The largest absolute Gasteiger partial charge is 0.369 e. The average Bonchev–Trinajstić information content (AvgIpc) is 1.82. The first kappa shape index (κ1) is 8.87. The molecule has 0 aromatic rings. The zero-order valence-electron chi connectivity index (χ0n) is 5.39. The topological polar surface area (TPSA) is 72.2 Å². The van der Waals surface area contributed by atoms with Gasteiger partial charge in [0.25, 0.3) is 0 Å². The molecule has 0 aliphatic rings. The van der Waals surface area contributed by atoms with Gasteiger partial charge in [-0.3, -0.25) is 9.59 Å². The van der Waals surface area contributed by atoms with E-state index in [1.807, 2.05) is 0 Å². The molecule has 0 unspecified atom stereocenters. The Hall–Kier alpha value is -1.13. The molecule has 2 amide bonds. The standard InChI is InChI=1S/C5H9FN2O2/c6-1-2-8-5(10)3-4(7)9/h1-3H2,(H2,7,9)(H,8,10). The van der Waals surface area contributed by atoms with Crippen molar-refractivity contribution in [3.63, 3.8) is 0 Å². The number of rotatable bonds is 4. The van der Waals surface area contributed by atoms with Crippen LogP contribution in [0, 0.1) is 0 Å². The van der Waals surface area contributed by atoms with Gasteiger partial charge in [-0.25, -0.2) is 4.39 Å². The third-order valence-electron chi connectivity index (χ3n) is 0.751. The summed E-state index contributed by atoms with van der Waals surface area (Å²) in [6, 6.07) is 0. The van der Waals surface area contributed by atoms with E-state index in [1.165, 1.54) is 0 Å². The Morgan fingerprint density at radius 1 is 1.50 bits per heavy atom. The summed E-state index contributed by atoms with van der Waals surface area (Å²) in [7, 11) is 0. The molecule has 0 fully saturated rings. The number of hydrogen-bond donors (Lipinski definition) is 2. The molecule has 5 heteroatoms. The van der Waals surface area contributed by atoms with E-state index >= 15 is 0 Å². The molecule has 0 bridgehead atoms. The summed E-state index contributed by atoms with van der Waals surface area (Å²) in [6.45, 7) is -0.698. The van der Waals surface area contributed by atoms with Crippen LogP contribution in [0.3, 0.4) is 0 Å². The lowest BCUT2D eigenvalue weighted by Gasteiger charge is -1.97. The molecule has 0 heterocycles. The Balaban J connectivity index is 3.35. The summed E-state index contributed by atoms with van der Waals surface area (Å²) in [5.41, 5.74) is 4.67. The number of nitrogens with two attached hydrogens (primary N) is 1. The molecule has 0 rings (SSSR count). The maximum atomic E-state index is 11.4. The predicted octanol–water partition coefficient (Wildman–Crippen LogP) is -1.05. The first-order valence-corrected chi connectivity index (χ1v) is 2.77. The highest BCUT2D eigenvalue weighted by Gasteiger charge is 2.03. The van der Waals surface area contributed by atoms with Crippen LogP contribution in [0.2, 0.25) is 0 Å². The van der Waals surface area contributed by atoms with Crippen molar-refractivity contribution >= 4 is 11.8 Å². The van der Waals surface area contributed by atoms with Crippen LogP contribution in [0.4, 0.5) is 4.39 Å². The van der Waals surface area contributed by atoms with Crippen LogP contribution < -0.4 is 11.1 Å². The molecule has 58 valence electrons. The molecule has 3 N–H and O–H groups in total. The van der Waals surface area contributed by atoms with Gasteiger partial charge in [-0.1, -0.05) is 0 Å². The number of hydrogen-bond acceptors (Lipinski definition) is 2. The molecular formula is C5H9FN2O2. The number of amides is 2. The third kappa shape index (κ3) is 5.02.